The van der Waals surface area contributed by atoms with Crippen LogP contribution in [0, 0.1) is 0 Å². The molecule has 0 aliphatic heterocycles. The Hall–Kier alpha value is -1.51. The van der Waals surface area contributed by atoms with Crippen LogP contribution in [0.4, 0.5) is 0 Å². The minimum Gasteiger partial charge on any atom is -0.328 e. The summed E-state index contributed by atoms with van der Waals surface area (Å²) in [6.45, 7) is 2.97. The van der Waals surface area contributed by atoms with Gasteiger partial charge in [0.15, 0.2) is 0 Å². The van der Waals surface area contributed by atoms with Crippen molar-refractivity contribution < 1.29 is 0 Å². The molecule has 3 aromatic rings. The van der Waals surface area contributed by atoms with E-state index in [-0.39, 0.29) is 0 Å². The summed E-state index contributed by atoms with van der Waals surface area (Å²) >= 11 is 12.2. The normalized spacial score (nSPS) is 11.2. The minimum atomic E-state index is 0.547. The average Bonchev–Trinajstić information content (AvgIpc) is 2.77. The van der Waals surface area contributed by atoms with E-state index in [9.17, 15) is 0 Å². The molecule has 2 nitrogen and oxygen atoms in total. The Labute approximate surface area is 128 Å². The highest BCUT2D eigenvalue weighted by Crippen LogP contribution is 2.28. The largest absolute Gasteiger partial charge is 0.328 e. The van der Waals surface area contributed by atoms with Crippen LogP contribution in [-0.2, 0) is 13.0 Å². The van der Waals surface area contributed by atoms with E-state index in [0.29, 0.717) is 10.0 Å². The molecule has 20 heavy (non-hydrogen) atoms. The summed E-state index contributed by atoms with van der Waals surface area (Å²) in [6.07, 6.45) is 0.804. The molecule has 0 fully saturated rings. The van der Waals surface area contributed by atoms with Gasteiger partial charge < -0.3 is 4.57 Å². The lowest BCUT2D eigenvalue weighted by Crippen LogP contribution is -2.02. The van der Waals surface area contributed by atoms with E-state index in [0.717, 1.165) is 29.8 Å². The Morgan fingerprint density at radius 1 is 1.05 bits per heavy atom. The van der Waals surface area contributed by atoms with Crippen molar-refractivity contribution in [2.45, 2.75) is 19.9 Å². The van der Waals surface area contributed by atoms with Crippen molar-refractivity contribution in [3.63, 3.8) is 0 Å². The monoisotopic (exact) mass is 304 g/mol. The zero-order chi connectivity index (χ0) is 14.1. The van der Waals surface area contributed by atoms with Crippen molar-refractivity contribution in [1.29, 1.82) is 0 Å². The first-order valence-electron chi connectivity index (χ1n) is 6.57. The SMILES string of the molecule is CCn1c(Cc2ccccc2)nc2cc(Cl)c(Cl)cc21. The van der Waals surface area contributed by atoms with Crippen LogP contribution in [0.2, 0.25) is 10.0 Å². The quantitative estimate of drug-likeness (QED) is 0.669. The number of aromatic nitrogens is 2. The van der Waals surface area contributed by atoms with Gasteiger partial charge in [0.25, 0.3) is 0 Å². The molecule has 0 atom stereocenters. The number of hydrogen-bond acceptors (Lipinski definition) is 1. The van der Waals surface area contributed by atoms with Crippen molar-refractivity contribution in [2.24, 2.45) is 0 Å². The number of halogens is 2. The van der Waals surface area contributed by atoms with Crippen LogP contribution in [-0.4, -0.2) is 9.55 Å². The zero-order valence-electron chi connectivity index (χ0n) is 11.1. The minimum absolute atomic E-state index is 0.547. The molecule has 0 unspecified atom stereocenters. The second-order valence-electron chi connectivity index (χ2n) is 4.69. The summed E-state index contributed by atoms with van der Waals surface area (Å²) in [6, 6.07) is 14.1. The number of fused-ring (bicyclic) bond motifs is 1. The van der Waals surface area contributed by atoms with Gasteiger partial charge in [-0.15, -0.1) is 0 Å². The van der Waals surface area contributed by atoms with Gasteiger partial charge in [0.05, 0.1) is 21.1 Å². The second kappa shape index (κ2) is 5.47. The molecular formula is C16H14Cl2N2. The molecule has 0 saturated heterocycles. The van der Waals surface area contributed by atoms with Gasteiger partial charge >= 0.3 is 0 Å². The van der Waals surface area contributed by atoms with Gasteiger partial charge in [-0.25, -0.2) is 4.98 Å². The van der Waals surface area contributed by atoms with E-state index in [1.54, 1.807) is 0 Å². The van der Waals surface area contributed by atoms with Crippen LogP contribution < -0.4 is 0 Å². The molecule has 1 heterocycles. The number of aryl methyl sites for hydroxylation is 1. The van der Waals surface area contributed by atoms with Crippen LogP contribution in [0.25, 0.3) is 11.0 Å². The first-order valence-corrected chi connectivity index (χ1v) is 7.32. The molecule has 2 aromatic carbocycles. The fourth-order valence-electron chi connectivity index (χ4n) is 2.44. The van der Waals surface area contributed by atoms with Crippen LogP contribution in [0.5, 0.6) is 0 Å². The molecule has 0 bridgehead atoms. The third kappa shape index (κ3) is 2.41. The summed E-state index contributed by atoms with van der Waals surface area (Å²) < 4.78 is 2.19. The van der Waals surface area contributed by atoms with E-state index in [4.69, 9.17) is 28.2 Å². The highest BCUT2D eigenvalue weighted by Gasteiger charge is 2.12. The van der Waals surface area contributed by atoms with Gasteiger partial charge in [0.1, 0.15) is 5.82 Å². The number of nitrogens with zero attached hydrogens (tertiary/aromatic N) is 2. The number of hydrogen-bond donors (Lipinski definition) is 0. The summed E-state index contributed by atoms with van der Waals surface area (Å²) in [5.41, 5.74) is 3.18. The van der Waals surface area contributed by atoms with Crippen LogP contribution in [0.15, 0.2) is 42.5 Å². The van der Waals surface area contributed by atoms with Gasteiger partial charge in [-0.1, -0.05) is 53.5 Å². The summed E-state index contributed by atoms with van der Waals surface area (Å²) in [5.74, 6) is 1.03. The van der Waals surface area contributed by atoms with E-state index >= 15 is 0 Å². The predicted octanol–water partition coefficient (Wildman–Crippen LogP) is 4.95. The maximum atomic E-state index is 6.11. The molecule has 1 aromatic heterocycles. The average molecular weight is 305 g/mol. The molecule has 102 valence electrons. The topological polar surface area (TPSA) is 17.8 Å². The van der Waals surface area contributed by atoms with E-state index in [1.165, 1.54) is 5.56 Å². The fraction of sp³-hybridized carbons (Fsp3) is 0.188. The summed E-state index contributed by atoms with van der Waals surface area (Å²) in [7, 11) is 0. The van der Waals surface area contributed by atoms with Gasteiger partial charge in [-0.05, 0) is 24.6 Å². The molecule has 0 aliphatic carbocycles. The second-order valence-corrected chi connectivity index (χ2v) is 5.50. The third-order valence-corrected chi connectivity index (χ3v) is 4.11. The smallest absolute Gasteiger partial charge is 0.114 e. The number of benzene rings is 2. The van der Waals surface area contributed by atoms with Gasteiger partial charge in [-0.2, -0.15) is 0 Å². The molecule has 0 saturated carbocycles. The highest BCUT2D eigenvalue weighted by molar-refractivity contribution is 6.42. The maximum Gasteiger partial charge on any atom is 0.114 e. The van der Waals surface area contributed by atoms with E-state index < -0.39 is 0 Å². The first kappa shape index (κ1) is 13.5. The molecule has 0 aliphatic rings. The van der Waals surface area contributed by atoms with Crippen molar-refractivity contribution in [1.82, 2.24) is 9.55 Å². The number of imidazole rings is 1. The van der Waals surface area contributed by atoms with E-state index in [1.807, 2.05) is 30.3 Å². The Morgan fingerprint density at radius 3 is 2.45 bits per heavy atom. The molecule has 0 spiro atoms. The number of rotatable bonds is 3. The summed E-state index contributed by atoms with van der Waals surface area (Å²) in [5, 5.41) is 1.12. The molecule has 0 N–H and O–H groups in total. The van der Waals surface area contributed by atoms with Crippen LogP contribution in [0.1, 0.15) is 18.3 Å². The highest BCUT2D eigenvalue weighted by atomic mass is 35.5. The van der Waals surface area contributed by atoms with Crippen molar-refractivity contribution >= 4 is 34.2 Å². The lowest BCUT2D eigenvalue weighted by Gasteiger charge is -2.06. The molecular weight excluding hydrogens is 291 g/mol. The van der Waals surface area contributed by atoms with Gasteiger partial charge in [0, 0.05) is 13.0 Å². The van der Waals surface area contributed by atoms with Gasteiger partial charge in [0.2, 0.25) is 0 Å². The lowest BCUT2D eigenvalue weighted by atomic mass is 10.1. The van der Waals surface area contributed by atoms with Gasteiger partial charge in [-0.3, -0.25) is 0 Å². The van der Waals surface area contributed by atoms with Crippen LogP contribution in [0.3, 0.4) is 0 Å². The van der Waals surface area contributed by atoms with Crippen LogP contribution >= 0.6 is 23.2 Å². The lowest BCUT2D eigenvalue weighted by molar-refractivity contribution is 0.733. The maximum absolute atomic E-state index is 6.11. The molecule has 3 rings (SSSR count). The Morgan fingerprint density at radius 2 is 1.75 bits per heavy atom. The summed E-state index contributed by atoms with van der Waals surface area (Å²) in [4.78, 5) is 4.70. The first-order chi connectivity index (χ1) is 9.69. The molecule has 4 heteroatoms. The predicted molar refractivity (Wildman–Crippen MR) is 84.7 cm³/mol. The Bertz CT molecular complexity index is 748. The Kier molecular flexibility index (Phi) is 3.68. The van der Waals surface area contributed by atoms with E-state index in [2.05, 4.69) is 23.6 Å². The molecule has 0 radical (unpaired) electrons. The van der Waals surface area contributed by atoms with Crippen molar-refractivity contribution in [2.75, 3.05) is 0 Å². The third-order valence-electron chi connectivity index (χ3n) is 3.39. The molecule has 0 amide bonds. The van der Waals surface area contributed by atoms with Crippen molar-refractivity contribution in [3.05, 3.63) is 63.9 Å². The Balaban J connectivity index is 2.11. The standard InChI is InChI=1S/C16H14Cl2N2/c1-2-20-15-10-13(18)12(17)9-14(15)19-16(20)8-11-6-4-3-5-7-11/h3-7,9-10H,2,8H2,1H3. The zero-order valence-corrected chi connectivity index (χ0v) is 12.6. The van der Waals surface area contributed by atoms with Crippen molar-refractivity contribution in [3.8, 4) is 0 Å². The fourth-order valence-corrected chi connectivity index (χ4v) is 2.75.